The van der Waals surface area contributed by atoms with Gasteiger partial charge in [-0.3, -0.25) is 0 Å². The zero-order chi connectivity index (χ0) is 13.0. The average molecular weight is 247 g/mol. The number of aryl methyl sites for hydroxylation is 1. The molecule has 0 saturated heterocycles. The fraction of sp³-hybridized carbons (Fsp3) is 0.625. The molecule has 0 spiro atoms. The van der Waals surface area contributed by atoms with E-state index in [1.54, 1.807) is 0 Å². The lowest BCUT2D eigenvalue weighted by Crippen LogP contribution is -2.45. The summed E-state index contributed by atoms with van der Waals surface area (Å²) in [7, 11) is 0. The van der Waals surface area contributed by atoms with Gasteiger partial charge in [0.25, 0.3) is 0 Å². The Morgan fingerprint density at radius 3 is 2.50 bits per heavy atom. The van der Waals surface area contributed by atoms with Gasteiger partial charge in [0, 0.05) is 5.69 Å². The molecular weight excluding hydrogens is 222 g/mol. The first kappa shape index (κ1) is 13.4. The Morgan fingerprint density at radius 2 is 1.94 bits per heavy atom. The summed E-state index contributed by atoms with van der Waals surface area (Å²) in [5, 5.41) is 13.4. The Kier molecular flexibility index (Phi) is 4.28. The van der Waals surface area contributed by atoms with Crippen LogP contribution in [0.1, 0.15) is 44.6 Å². The molecule has 1 aromatic carbocycles. The highest BCUT2D eigenvalue weighted by Crippen LogP contribution is 2.36. The van der Waals surface area contributed by atoms with Gasteiger partial charge in [0.15, 0.2) is 0 Å². The van der Waals surface area contributed by atoms with Crippen molar-refractivity contribution < 1.29 is 5.11 Å². The maximum absolute atomic E-state index is 9.79. The van der Waals surface area contributed by atoms with Crippen molar-refractivity contribution in [1.82, 2.24) is 0 Å². The van der Waals surface area contributed by atoms with E-state index >= 15 is 0 Å². The van der Waals surface area contributed by atoms with E-state index in [0.29, 0.717) is 0 Å². The molecule has 0 unspecified atom stereocenters. The van der Waals surface area contributed by atoms with Crippen LogP contribution in [-0.2, 0) is 0 Å². The van der Waals surface area contributed by atoms with Crippen molar-refractivity contribution in [2.45, 2.75) is 51.5 Å². The van der Waals surface area contributed by atoms with Gasteiger partial charge in [0.1, 0.15) is 0 Å². The second kappa shape index (κ2) is 5.75. The minimum atomic E-state index is -0.0994. The van der Waals surface area contributed by atoms with Crippen LogP contribution in [0.4, 0.5) is 5.69 Å². The molecule has 0 amide bonds. The molecule has 0 aliphatic heterocycles. The van der Waals surface area contributed by atoms with Crippen LogP contribution in [0.2, 0.25) is 0 Å². The number of nitrogens with one attached hydrogen (secondary N) is 1. The number of rotatable bonds is 4. The van der Waals surface area contributed by atoms with Crippen molar-refractivity contribution in [3.8, 4) is 0 Å². The van der Waals surface area contributed by atoms with Gasteiger partial charge < -0.3 is 10.4 Å². The summed E-state index contributed by atoms with van der Waals surface area (Å²) >= 11 is 0. The highest BCUT2D eigenvalue weighted by Gasteiger charge is 2.34. The number of aliphatic hydroxyl groups excluding tert-OH is 1. The minimum Gasteiger partial charge on any atom is -0.394 e. The van der Waals surface area contributed by atoms with Gasteiger partial charge in [-0.05, 0) is 50.2 Å². The number of hydrogen-bond donors (Lipinski definition) is 2. The van der Waals surface area contributed by atoms with Crippen LogP contribution in [0.25, 0.3) is 0 Å². The van der Waals surface area contributed by atoms with Crippen molar-refractivity contribution in [3.63, 3.8) is 0 Å². The topological polar surface area (TPSA) is 32.3 Å². The zero-order valence-corrected chi connectivity index (χ0v) is 11.6. The molecule has 0 aromatic heterocycles. The van der Waals surface area contributed by atoms with E-state index in [2.05, 4.69) is 43.4 Å². The van der Waals surface area contributed by atoms with Crippen molar-refractivity contribution in [2.75, 3.05) is 11.9 Å². The lowest BCUT2D eigenvalue weighted by molar-refractivity contribution is 0.150. The molecule has 1 saturated carbocycles. The molecule has 2 nitrogen and oxygen atoms in total. The Balaban J connectivity index is 2.08. The molecular formula is C16H25NO. The Labute approximate surface area is 110 Å². The molecule has 1 aromatic rings. The van der Waals surface area contributed by atoms with Crippen LogP contribution in [0.5, 0.6) is 0 Å². The Bertz CT molecular complexity index is 380. The molecule has 0 bridgehead atoms. The molecule has 100 valence electrons. The largest absolute Gasteiger partial charge is 0.394 e. The summed E-state index contributed by atoms with van der Waals surface area (Å²) in [5.74, 6) is 0.850. The molecule has 1 aliphatic rings. The fourth-order valence-corrected chi connectivity index (χ4v) is 2.96. The van der Waals surface area contributed by atoms with Crippen LogP contribution in [-0.4, -0.2) is 17.3 Å². The van der Waals surface area contributed by atoms with Crippen LogP contribution in [0.15, 0.2) is 24.3 Å². The van der Waals surface area contributed by atoms with Crippen molar-refractivity contribution >= 4 is 5.69 Å². The SMILES string of the molecule is CCC1CCC(CO)(Nc2ccccc2C)CC1. The number of aliphatic hydroxyl groups is 1. The van der Waals surface area contributed by atoms with Crippen molar-refractivity contribution in [2.24, 2.45) is 5.92 Å². The van der Waals surface area contributed by atoms with E-state index in [9.17, 15) is 5.11 Å². The summed E-state index contributed by atoms with van der Waals surface area (Å²) in [6, 6.07) is 8.34. The van der Waals surface area contributed by atoms with E-state index in [-0.39, 0.29) is 12.1 Å². The number of benzene rings is 1. The van der Waals surface area contributed by atoms with Gasteiger partial charge in [0.2, 0.25) is 0 Å². The molecule has 1 fully saturated rings. The summed E-state index contributed by atoms with van der Waals surface area (Å²) in [6.07, 6.45) is 5.89. The van der Waals surface area contributed by atoms with Crippen LogP contribution in [0, 0.1) is 12.8 Å². The van der Waals surface area contributed by atoms with Crippen LogP contribution in [0.3, 0.4) is 0 Å². The second-order valence-corrected chi connectivity index (χ2v) is 5.73. The average Bonchev–Trinajstić information content (AvgIpc) is 2.42. The molecule has 0 radical (unpaired) electrons. The molecule has 18 heavy (non-hydrogen) atoms. The summed E-state index contributed by atoms with van der Waals surface area (Å²) in [4.78, 5) is 0. The van der Waals surface area contributed by atoms with E-state index in [1.165, 1.54) is 30.5 Å². The maximum atomic E-state index is 9.79. The normalized spacial score (nSPS) is 28.1. The van der Waals surface area contributed by atoms with Gasteiger partial charge in [-0.15, -0.1) is 0 Å². The lowest BCUT2D eigenvalue weighted by atomic mass is 9.76. The zero-order valence-electron chi connectivity index (χ0n) is 11.6. The standard InChI is InChI=1S/C16H25NO/c1-3-14-8-10-16(12-18,11-9-14)17-15-7-5-4-6-13(15)2/h4-7,14,17-18H,3,8-12H2,1-2H3. The van der Waals surface area contributed by atoms with Crippen molar-refractivity contribution in [3.05, 3.63) is 29.8 Å². The Morgan fingerprint density at radius 1 is 1.28 bits per heavy atom. The van der Waals surface area contributed by atoms with E-state index in [0.717, 1.165) is 18.8 Å². The van der Waals surface area contributed by atoms with Crippen LogP contribution < -0.4 is 5.32 Å². The quantitative estimate of drug-likeness (QED) is 0.849. The fourth-order valence-electron chi connectivity index (χ4n) is 2.96. The van der Waals surface area contributed by atoms with Gasteiger partial charge in [-0.2, -0.15) is 0 Å². The molecule has 2 heteroatoms. The smallest absolute Gasteiger partial charge is 0.0661 e. The second-order valence-electron chi connectivity index (χ2n) is 5.73. The molecule has 0 atom stereocenters. The monoisotopic (exact) mass is 247 g/mol. The molecule has 2 N–H and O–H groups in total. The van der Waals surface area contributed by atoms with E-state index in [1.807, 2.05) is 0 Å². The first-order chi connectivity index (χ1) is 8.69. The third-order valence-corrected chi connectivity index (χ3v) is 4.49. The third kappa shape index (κ3) is 2.86. The predicted octanol–water partition coefficient (Wildman–Crippen LogP) is 3.74. The van der Waals surface area contributed by atoms with E-state index < -0.39 is 0 Å². The molecule has 0 heterocycles. The van der Waals surface area contributed by atoms with Gasteiger partial charge in [-0.1, -0.05) is 31.5 Å². The summed E-state index contributed by atoms with van der Waals surface area (Å²) < 4.78 is 0. The maximum Gasteiger partial charge on any atom is 0.0661 e. The molecule has 2 rings (SSSR count). The highest BCUT2D eigenvalue weighted by molar-refractivity contribution is 5.52. The first-order valence-electron chi connectivity index (χ1n) is 7.14. The van der Waals surface area contributed by atoms with Gasteiger partial charge in [-0.25, -0.2) is 0 Å². The van der Waals surface area contributed by atoms with Gasteiger partial charge >= 0.3 is 0 Å². The van der Waals surface area contributed by atoms with Gasteiger partial charge in [0.05, 0.1) is 12.1 Å². The van der Waals surface area contributed by atoms with E-state index in [4.69, 9.17) is 0 Å². The minimum absolute atomic E-state index is 0.0994. The third-order valence-electron chi connectivity index (χ3n) is 4.49. The summed E-state index contributed by atoms with van der Waals surface area (Å²) in [6.45, 7) is 4.62. The predicted molar refractivity (Wildman–Crippen MR) is 76.9 cm³/mol. The molecule has 1 aliphatic carbocycles. The highest BCUT2D eigenvalue weighted by atomic mass is 16.3. The Hall–Kier alpha value is -1.02. The lowest BCUT2D eigenvalue weighted by Gasteiger charge is -2.40. The first-order valence-corrected chi connectivity index (χ1v) is 7.14. The van der Waals surface area contributed by atoms with Crippen LogP contribution >= 0.6 is 0 Å². The number of anilines is 1. The summed E-state index contributed by atoms with van der Waals surface area (Å²) in [5.41, 5.74) is 2.32. The van der Waals surface area contributed by atoms with Crippen molar-refractivity contribution in [1.29, 1.82) is 0 Å². The number of hydrogen-bond acceptors (Lipinski definition) is 2. The number of para-hydroxylation sites is 1.